The highest BCUT2D eigenvalue weighted by atomic mass is 35.5. The number of rotatable bonds is 4. The minimum absolute atomic E-state index is 0.190. The van der Waals surface area contributed by atoms with E-state index in [1.807, 2.05) is 0 Å². The van der Waals surface area contributed by atoms with E-state index >= 15 is 0 Å². The summed E-state index contributed by atoms with van der Waals surface area (Å²) >= 11 is 13.4. The lowest BCUT2D eigenvalue weighted by molar-refractivity contribution is -0.141. The van der Waals surface area contributed by atoms with Gasteiger partial charge in [0.1, 0.15) is 0 Å². The van der Waals surface area contributed by atoms with Gasteiger partial charge in [0.25, 0.3) is 5.22 Å². The van der Waals surface area contributed by atoms with Crippen molar-refractivity contribution in [1.82, 2.24) is 10.2 Å². The minimum Gasteiger partial charge on any atom is -0.481 e. The zero-order valence-electron chi connectivity index (χ0n) is 11.3. The molecule has 2 unspecified atom stereocenters. The van der Waals surface area contributed by atoms with Crippen LogP contribution in [0.4, 0.5) is 0 Å². The first-order valence-electron chi connectivity index (χ1n) is 6.71. The van der Waals surface area contributed by atoms with Crippen molar-refractivity contribution in [3.8, 4) is 11.5 Å². The average molecular weight is 359 g/mol. The summed E-state index contributed by atoms with van der Waals surface area (Å²) in [5.41, 5.74) is 0.625. The number of carboxylic acid groups (broad SMARTS) is 1. The predicted octanol–water partition coefficient (Wildman–Crippen LogP) is 4.39. The molecular weight excluding hydrogens is 347 g/mol. The maximum atomic E-state index is 11.0. The molecule has 1 aliphatic rings. The van der Waals surface area contributed by atoms with Crippen LogP contribution in [0.3, 0.4) is 0 Å². The Morgan fingerprint density at radius 3 is 2.82 bits per heavy atom. The number of carboxylic acids is 1. The third-order valence-corrected chi connectivity index (χ3v) is 5.25. The summed E-state index contributed by atoms with van der Waals surface area (Å²) in [4.78, 5) is 11.0. The molecule has 0 amide bonds. The number of aromatic nitrogens is 2. The van der Waals surface area contributed by atoms with Gasteiger partial charge in [-0.05, 0) is 37.5 Å². The molecule has 8 heteroatoms. The van der Waals surface area contributed by atoms with Crippen molar-refractivity contribution in [3.05, 3.63) is 28.2 Å². The van der Waals surface area contributed by atoms with Gasteiger partial charge in [-0.25, -0.2) is 0 Å². The highest BCUT2D eigenvalue weighted by Gasteiger charge is 2.31. The summed E-state index contributed by atoms with van der Waals surface area (Å²) in [7, 11) is 0. The molecule has 0 bridgehead atoms. The Kier molecular flexibility index (Phi) is 4.61. The lowest BCUT2D eigenvalue weighted by Gasteiger charge is -2.05. The number of nitrogens with zero attached hydrogens (tertiary/aromatic N) is 2. The highest BCUT2D eigenvalue weighted by Crippen LogP contribution is 2.38. The van der Waals surface area contributed by atoms with Gasteiger partial charge in [0.15, 0.2) is 0 Å². The Morgan fingerprint density at radius 2 is 2.14 bits per heavy atom. The maximum Gasteiger partial charge on any atom is 0.306 e. The second-order valence-electron chi connectivity index (χ2n) is 5.09. The molecule has 1 aliphatic carbocycles. The molecule has 116 valence electrons. The topological polar surface area (TPSA) is 76.2 Å². The first-order valence-corrected chi connectivity index (χ1v) is 8.35. The normalized spacial score (nSPS) is 21.2. The van der Waals surface area contributed by atoms with E-state index in [0.29, 0.717) is 39.6 Å². The van der Waals surface area contributed by atoms with Crippen molar-refractivity contribution >= 4 is 40.9 Å². The fraction of sp³-hybridized carbons (Fsp3) is 0.357. The molecule has 0 saturated heterocycles. The van der Waals surface area contributed by atoms with E-state index in [1.165, 1.54) is 11.8 Å². The van der Waals surface area contributed by atoms with E-state index in [2.05, 4.69) is 10.2 Å². The summed E-state index contributed by atoms with van der Waals surface area (Å²) in [6.07, 6.45) is 2.15. The van der Waals surface area contributed by atoms with Crippen molar-refractivity contribution in [2.24, 2.45) is 5.92 Å². The van der Waals surface area contributed by atoms with E-state index in [-0.39, 0.29) is 11.2 Å². The number of hydrogen-bond acceptors (Lipinski definition) is 5. The number of benzene rings is 1. The minimum atomic E-state index is -0.734. The highest BCUT2D eigenvalue weighted by molar-refractivity contribution is 7.99. The SMILES string of the molecule is O=C(O)C1CCC(Sc2nnc(-c3ccc(Cl)cc3Cl)o2)C1. The quantitative estimate of drug-likeness (QED) is 0.873. The molecule has 1 saturated carbocycles. The molecule has 2 atom stereocenters. The first kappa shape index (κ1) is 15.6. The van der Waals surface area contributed by atoms with Crippen molar-refractivity contribution in [3.63, 3.8) is 0 Å². The molecule has 1 heterocycles. The van der Waals surface area contributed by atoms with Gasteiger partial charge in [0.05, 0.1) is 16.5 Å². The predicted molar refractivity (Wildman–Crippen MR) is 84.4 cm³/mol. The van der Waals surface area contributed by atoms with Crippen molar-refractivity contribution in [1.29, 1.82) is 0 Å². The monoisotopic (exact) mass is 358 g/mol. The summed E-state index contributed by atoms with van der Waals surface area (Å²) in [6, 6.07) is 5.04. The second-order valence-corrected chi connectivity index (χ2v) is 7.18. The summed E-state index contributed by atoms with van der Waals surface area (Å²) in [6.45, 7) is 0. The molecule has 1 N–H and O–H groups in total. The van der Waals surface area contributed by atoms with E-state index < -0.39 is 5.97 Å². The van der Waals surface area contributed by atoms with Crippen LogP contribution in [-0.4, -0.2) is 26.5 Å². The van der Waals surface area contributed by atoms with Crippen LogP contribution in [0.15, 0.2) is 27.8 Å². The molecular formula is C14H12Cl2N2O3S. The van der Waals surface area contributed by atoms with Crippen molar-refractivity contribution in [2.45, 2.75) is 29.7 Å². The van der Waals surface area contributed by atoms with Crippen LogP contribution >= 0.6 is 35.0 Å². The zero-order chi connectivity index (χ0) is 15.7. The Labute approximate surface area is 141 Å². The summed E-state index contributed by atoms with van der Waals surface area (Å²) in [5.74, 6) is -0.676. The lowest BCUT2D eigenvalue weighted by atomic mass is 10.1. The molecule has 2 aromatic rings. The number of carbonyl (C=O) groups is 1. The Morgan fingerprint density at radius 1 is 1.32 bits per heavy atom. The van der Waals surface area contributed by atoms with E-state index in [4.69, 9.17) is 32.7 Å². The standard InChI is InChI=1S/C14H12Cl2N2O3S/c15-8-2-4-10(11(16)6-8)12-17-18-14(21-12)22-9-3-1-7(5-9)13(19)20/h2,4,6-7,9H,1,3,5H2,(H,19,20). The molecule has 0 aliphatic heterocycles. The van der Waals surface area contributed by atoms with Crippen molar-refractivity contribution in [2.75, 3.05) is 0 Å². The van der Waals surface area contributed by atoms with Crippen LogP contribution < -0.4 is 0 Å². The van der Waals surface area contributed by atoms with Gasteiger partial charge in [-0.1, -0.05) is 35.0 Å². The van der Waals surface area contributed by atoms with Gasteiger partial charge >= 0.3 is 5.97 Å². The van der Waals surface area contributed by atoms with E-state index in [1.54, 1.807) is 18.2 Å². The van der Waals surface area contributed by atoms with Crippen LogP contribution in [0.25, 0.3) is 11.5 Å². The third kappa shape index (κ3) is 3.39. The van der Waals surface area contributed by atoms with E-state index in [0.717, 1.165) is 6.42 Å². The first-order chi connectivity index (χ1) is 10.5. The van der Waals surface area contributed by atoms with Crippen LogP contribution in [0.2, 0.25) is 10.0 Å². The Hall–Kier alpha value is -1.24. The number of halogens is 2. The zero-order valence-corrected chi connectivity index (χ0v) is 13.7. The van der Waals surface area contributed by atoms with Gasteiger partial charge < -0.3 is 9.52 Å². The van der Waals surface area contributed by atoms with E-state index in [9.17, 15) is 4.79 Å². The largest absolute Gasteiger partial charge is 0.481 e. The molecule has 3 rings (SSSR count). The van der Waals surface area contributed by atoms with Gasteiger partial charge in [0.2, 0.25) is 5.89 Å². The molecule has 22 heavy (non-hydrogen) atoms. The fourth-order valence-corrected chi connectivity index (χ4v) is 4.02. The average Bonchev–Trinajstić information content (AvgIpc) is 3.09. The van der Waals surface area contributed by atoms with Crippen LogP contribution in [0.1, 0.15) is 19.3 Å². The van der Waals surface area contributed by atoms with Gasteiger partial charge in [-0.3, -0.25) is 4.79 Å². The fourth-order valence-electron chi connectivity index (χ4n) is 2.44. The molecule has 1 aromatic heterocycles. The summed E-state index contributed by atoms with van der Waals surface area (Å²) in [5, 5.41) is 18.6. The number of aliphatic carboxylic acids is 1. The molecule has 1 fully saturated rings. The van der Waals surface area contributed by atoms with Gasteiger partial charge in [-0.2, -0.15) is 0 Å². The van der Waals surface area contributed by atoms with Gasteiger partial charge in [-0.15, -0.1) is 10.2 Å². The Bertz CT molecular complexity index is 707. The molecule has 0 spiro atoms. The molecule has 1 aromatic carbocycles. The van der Waals surface area contributed by atoms with Gasteiger partial charge in [0, 0.05) is 10.3 Å². The van der Waals surface area contributed by atoms with Crippen LogP contribution in [0, 0.1) is 5.92 Å². The lowest BCUT2D eigenvalue weighted by Crippen LogP contribution is -2.09. The van der Waals surface area contributed by atoms with Crippen LogP contribution in [0.5, 0.6) is 0 Å². The van der Waals surface area contributed by atoms with Crippen molar-refractivity contribution < 1.29 is 14.3 Å². The Balaban J connectivity index is 1.70. The maximum absolute atomic E-state index is 11.0. The number of thioether (sulfide) groups is 1. The third-order valence-electron chi connectivity index (χ3n) is 3.57. The molecule has 0 radical (unpaired) electrons. The molecule has 5 nitrogen and oxygen atoms in total. The van der Waals surface area contributed by atoms with Crippen LogP contribution in [-0.2, 0) is 4.79 Å². The summed E-state index contributed by atoms with van der Waals surface area (Å²) < 4.78 is 5.61. The smallest absolute Gasteiger partial charge is 0.306 e. The second kappa shape index (κ2) is 6.48. The number of hydrogen-bond donors (Lipinski definition) is 1.